The molecule has 4 heteroatoms. The first-order valence-corrected chi connectivity index (χ1v) is 6.49. The summed E-state index contributed by atoms with van der Waals surface area (Å²) in [5, 5.41) is 0. The van der Waals surface area contributed by atoms with Crippen LogP contribution < -0.4 is 10.5 Å². The van der Waals surface area contributed by atoms with E-state index in [2.05, 4.69) is 20.9 Å². The Balaban J connectivity index is 2.34. The Morgan fingerprint density at radius 3 is 2.56 bits per heavy atom. The average molecular weight is 307 g/mol. The third-order valence-electron chi connectivity index (χ3n) is 2.68. The highest BCUT2D eigenvalue weighted by atomic mass is 79.9. The van der Waals surface area contributed by atoms with Gasteiger partial charge in [-0.25, -0.2) is 0 Å². The molecule has 1 aromatic carbocycles. The molecule has 0 spiro atoms. The summed E-state index contributed by atoms with van der Waals surface area (Å²) < 4.78 is 6.96. The third-order valence-corrected chi connectivity index (χ3v) is 3.93. The highest BCUT2D eigenvalue weighted by Crippen LogP contribution is 2.30. The zero-order valence-electron chi connectivity index (χ0n) is 10.4. The van der Waals surface area contributed by atoms with Crippen molar-refractivity contribution in [3.05, 3.63) is 51.8 Å². The number of rotatable bonds is 3. The quantitative estimate of drug-likeness (QED) is 0.940. The molecule has 0 aliphatic carbocycles. The number of hydrogen-bond donors (Lipinski definition) is 1. The van der Waals surface area contributed by atoms with Crippen LogP contribution in [0.25, 0.3) is 0 Å². The summed E-state index contributed by atoms with van der Waals surface area (Å²) in [6, 6.07) is 7.70. The van der Waals surface area contributed by atoms with Crippen LogP contribution in [-0.4, -0.2) is 4.98 Å². The molecule has 0 unspecified atom stereocenters. The largest absolute Gasteiger partial charge is 0.455 e. The van der Waals surface area contributed by atoms with Gasteiger partial charge >= 0.3 is 0 Å². The van der Waals surface area contributed by atoms with Gasteiger partial charge in [-0.05, 0) is 49.2 Å². The van der Waals surface area contributed by atoms with E-state index in [0.717, 1.165) is 27.0 Å². The Bertz CT molecular complexity index is 546. The second kappa shape index (κ2) is 5.50. The zero-order valence-corrected chi connectivity index (χ0v) is 12.0. The molecule has 0 saturated carbocycles. The van der Waals surface area contributed by atoms with E-state index in [1.54, 1.807) is 6.20 Å². The Labute approximate surface area is 115 Å². The highest BCUT2D eigenvalue weighted by Gasteiger charge is 2.07. The number of aromatic nitrogens is 1. The van der Waals surface area contributed by atoms with Crippen LogP contribution in [0.1, 0.15) is 16.8 Å². The number of pyridine rings is 1. The minimum atomic E-state index is 0.366. The molecule has 2 rings (SSSR count). The molecule has 0 radical (unpaired) electrons. The van der Waals surface area contributed by atoms with Crippen LogP contribution in [-0.2, 0) is 6.54 Å². The molecular weight excluding hydrogens is 292 g/mol. The van der Waals surface area contributed by atoms with Crippen LogP contribution in [0.15, 0.2) is 34.9 Å². The number of ether oxygens (including phenoxy) is 1. The highest BCUT2D eigenvalue weighted by molar-refractivity contribution is 9.10. The molecule has 0 amide bonds. The van der Waals surface area contributed by atoms with Gasteiger partial charge in [-0.1, -0.05) is 15.9 Å². The summed E-state index contributed by atoms with van der Waals surface area (Å²) in [5.41, 5.74) is 8.68. The molecule has 0 bridgehead atoms. The number of halogens is 1. The van der Waals surface area contributed by atoms with E-state index < -0.39 is 0 Å². The summed E-state index contributed by atoms with van der Waals surface area (Å²) >= 11 is 3.54. The average Bonchev–Trinajstić information content (AvgIpc) is 2.36. The first kappa shape index (κ1) is 13.1. The molecule has 3 nitrogen and oxygen atoms in total. The fourth-order valence-corrected chi connectivity index (χ4v) is 1.99. The minimum absolute atomic E-state index is 0.366. The lowest BCUT2D eigenvalue weighted by molar-refractivity contribution is 0.472. The molecular formula is C14H15BrN2O. The maximum Gasteiger partial charge on any atom is 0.150 e. The fourth-order valence-electron chi connectivity index (χ4n) is 1.76. The van der Waals surface area contributed by atoms with E-state index in [-0.39, 0.29) is 0 Å². The van der Waals surface area contributed by atoms with Crippen LogP contribution in [0.2, 0.25) is 0 Å². The van der Waals surface area contributed by atoms with Crippen molar-refractivity contribution in [2.75, 3.05) is 0 Å². The Morgan fingerprint density at radius 2 is 1.94 bits per heavy atom. The molecule has 0 atom stereocenters. The molecule has 94 valence electrons. The van der Waals surface area contributed by atoms with Crippen molar-refractivity contribution in [2.24, 2.45) is 5.73 Å². The summed E-state index contributed by atoms with van der Waals surface area (Å²) in [7, 11) is 0. The van der Waals surface area contributed by atoms with Crippen molar-refractivity contribution in [1.29, 1.82) is 0 Å². The first-order valence-electron chi connectivity index (χ1n) is 5.70. The molecule has 2 aromatic rings. The van der Waals surface area contributed by atoms with Crippen molar-refractivity contribution < 1.29 is 4.74 Å². The fraction of sp³-hybridized carbons (Fsp3) is 0.214. The monoisotopic (exact) mass is 306 g/mol. The lowest BCUT2D eigenvalue weighted by atomic mass is 10.1. The van der Waals surface area contributed by atoms with Crippen molar-refractivity contribution in [1.82, 2.24) is 4.98 Å². The maximum atomic E-state index is 5.85. The number of hydrogen-bond acceptors (Lipinski definition) is 3. The van der Waals surface area contributed by atoms with Crippen LogP contribution >= 0.6 is 15.9 Å². The number of aryl methyl sites for hydroxylation is 2. The van der Waals surface area contributed by atoms with Gasteiger partial charge in [0.2, 0.25) is 0 Å². The number of nitrogens with zero attached hydrogens (tertiary/aromatic N) is 1. The van der Waals surface area contributed by atoms with Crippen LogP contribution in [0, 0.1) is 13.8 Å². The van der Waals surface area contributed by atoms with Gasteiger partial charge < -0.3 is 10.5 Å². The van der Waals surface area contributed by atoms with Crippen molar-refractivity contribution in [3.8, 4) is 11.5 Å². The second-order valence-electron chi connectivity index (χ2n) is 4.13. The molecule has 1 heterocycles. The lowest BCUT2D eigenvalue weighted by Crippen LogP contribution is -2.02. The van der Waals surface area contributed by atoms with E-state index in [0.29, 0.717) is 12.3 Å². The predicted octanol–water partition coefficient (Wildman–Crippen LogP) is 3.71. The summed E-state index contributed by atoms with van der Waals surface area (Å²) in [6.45, 7) is 4.44. The van der Waals surface area contributed by atoms with Gasteiger partial charge in [0.1, 0.15) is 11.5 Å². The van der Waals surface area contributed by atoms with Crippen molar-refractivity contribution >= 4 is 15.9 Å². The normalized spacial score (nSPS) is 10.4. The van der Waals surface area contributed by atoms with E-state index >= 15 is 0 Å². The SMILES string of the molecule is Cc1cc(Oc2cccnc2CN)cc(C)c1Br. The second-order valence-corrected chi connectivity index (χ2v) is 4.92. The van der Waals surface area contributed by atoms with Gasteiger partial charge in [-0.3, -0.25) is 4.98 Å². The summed E-state index contributed by atoms with van der Waals surface area (Å²) in [6.07, 6.45) is 1.72. The van der Waals surface area contributed by atoms with Gasteiger partial charge in [0.25, 0.3) is 0 Å². The van der Waals surface area contributed by atoms with E-state index in [9.17, 15) is 0 Å². The minimum Gasteiger partial charge on any atom is -0.455 e. The summed E-state index contributed by atoms with van der Waals surface area (Å²) in [5.74, 6) is 1.51. The van der Waals surface area contributed by atoms with Crippen molar-refractivity contribution in [2.45, 2.75) is 20.4 Å². The molecule has 1 aromatic heterocycles. The van der Waals surface area contributed by atoms with Crippen LogP contribution in [0.4, 0.5) is 0 Å². The van der Waals surface area contributed by atoms with Gasteiger partial charge in [0.15, 0.2) is 0 Å². The summed E-state index contributed by atoms with van der Waals surface area (Å²) in [4.78, 5) is 4.20. The Hall–Kier alpha value is -1.39. The third kappa shape index (κ3) is 2.71. The zero-order chi connectivity index (χ0) is 13.1. The molecule has 0 fully saturated rings. The lowest BCUT2D eigenvalue weighted by Gasteiger charge is -2.11. The Kier molecular flexibility index (Phi) is 3.99. The number of nitrogens with two attached hydrogens (primary N) is 1. The smallest absolute Gasteiger partial charge is 0.150 e. The van der Waals surface area contributed by atoms with Crippen molar-refractivity contribution in [3.63, 3.8) is 0 Å². The first-order chi connectivity index (χ1) is 8.61. The van der Waals surface area contributed by atoms with Gasteiger partial charge in [-0.15, -0.1) is 0 Å². The van der Waals surface area contributed by atoms with Crippen LogP contribution in [0.3, 0.4) is 0 Å². The molecule has 2 N–H and O–H groups in total. The van der Waals surface area contributed by atoms with E-state index in [4.69, 9.17) is 10.5 Å². The van der Waals surface area contributed by atoms with E-state index in [1.165, 1.54) is 0 Å². The van der Waals surface area contributed by atoms with E-state index in [1.807, 2.05) is 38.1 Å². The molecule has 0 aliphatic rings. The van der Waals surface area contributed by atoms with Crippen LogP contribution in [0.5, 0.6) is 11.5 Å². The Morgan fingerprint density at radius 1 is 1.28 bits per heavy atom. The standard InChI is InChI=1S/C14H15BrN2O/c1-9-6-11(7-10(2)14(9)15)18-13-4-3-5-17-12(13)8-16/h3-7H,8,16H2,1-2H3. The van der Waals surface area contributed by atoms with Gasteiger partial charge in [0.05, 0.1) is 5.69 Å². The molecule has 0 saturated heterocycles. The molecule has 0 aliphatic heterocycles. The van der Waals surface area contributed by atoms with Gasteiger partial charge in [-0.2, -0.15) is 0 Å². The topological polar surface area (TPSA) is 48.1 Å². The number of benzene rings is 1. The molecule has 18 heavy (non-hydrogen) atoms. The van der Waals surface area contributed by atoms with Gasteiger partial charge in [0, 0.05) is 17.2 Å². The maximum absolute atomic E-state index is 5.85. The predicted molar refractivity (Wildman–Crippen MR) is 75.8 cm³/mol.